The van der Waals surface area contributed by atoms with Crippen LogP contribution in [0.3, 0.4) is 0 Å². The number of esters is 1. The van der Waals surface area contributed by atoms with E-state index in [4.69, 9.17) is 18.9 Å². The molecule has 1 atom stereocenters. The third-order valence-corrected chi connectivity index (χ3v) is 4.94. The Bertz CT molecular complexity index is 634. The molecule has 1 aromatic rings. The van der Waals surface area contributed by atoms with Crippen LogP contribution in [0.25, 0.3) is 0 Å². The first-order valence-electron chi connectivity index (χ1n) is 11.4. The Morgan fingerprint density at radius 3 is 2.19 bits per heavy atom. The van der Waals surface area contributed by atoms with E-state index in [1.165, 1.54) is 65.2 Å². The molecule has 1 rings (SSSR count). The Morgan fingerprint density at radius 1 is 0.968 bits per heavy atom. The number of aryl methyl sites for hydroxylation is 1. The highest BCUT2D eigenvalue weighted by Gasteiger charge is 2.22. The zero-order valence-electron chi connectivity index (χ0n) is 19.2. The van der Waals surface area contributed by atoms with Gasteiger partial charge in [-0.25, -0.2) is 14.0 Å². The molecule has 1 unspecified atom stereocenters. The molecule has 0 fully saturated rings. The number of carbonyl (C=O) groups is 2. The molecule has 1 aromatic heterocycles. The molecule has 0 bridgehead atoms. The average Bonchev–Trinajstić information content (AvgIpc) is 3.10. The number of halogens is 1. The molecular formula is C23H38FNO6. The summed E-state index contributed by atoms with van der Waals surface area (Å²) >= 11 is 0. The van der Waals surface area contributed by atoms with Crippen LogP contribution >= 0.6 is 0 Å². The maximum Gasteiger partial charge on any atom is 0.511 e. The molecule has 0 aliphatic heterocycles. The number of hydrogen-bond donors (Lipinski definition) is 1. The Hall–Kier alpha value is -2.09. The Labute approximate surface area is 185 Å². The lowest BCUT2D eigenvalue weighted by Crippen LogP contribution is -2.23. The first kappa shape index (κ1) is 26.9. The summed E-state index contributed by atoms with van der Waals surface area (Å²) in [7, 11) is 1.47. The Kier molecular flexibility index (Phi) is 14.4. The van der Waals surface area contributed by atoms with E-state index in [-0.39, 0.29) is 18.9 Å². The number of methoxy groups -OCH3 is 1. The van der Waals surface area contributed by atoms with Gasteiger partial charge in [0.05, 0.1) is 6.61 Å². The highest BCUT2D eigenvalue weighted by atomic mass is 19.1. The molecule has 0 spiro atoms. The monoisotopic (exact) mass is 443 g/mol. The third-order valence-electron chi connectivity index (χ3n) is 4.94. The number of ether oxygens (including phenoxy) is 4. The summed E-state index contributed by atoms with van der Waals surface area (Å²) in [6, 6.07) is 0. The van der Waals surface area contributed by atoms with Crippen LogP contribution in [0.2, 0.25) is 0 Å². The quantitative estimate of drug-likeness (QED) is 0.183. The number of unbranched alkanes of at least 4 members (excludes halogenated alkanes) is 9. The summed E-state index contributed by atoms with van der Waals surface area (Å²) < 4.78 is 33.7. The minimum Gasteiger partial charge on any atom is -0.432 e. The maximum absolute atomic E-state index is 14.5. The lowest BCUT2D eigenvalue weighted by atomic mass is 10.0. The second-order valence-electron chi connectivity index (χ2n) is 7.62. The molecule has 7 nitrogen and oxygen atoms in total. The highest BCUT2D eigenvalue weighted by molar-refractivity contribution is 5.88. The molecule has 1 N–H and O–H groups in total. The fourth-order valence-electron chi connectivity index (χ4n) is 3.19. The molecule has 0 aromatic carbocycles. The molecular weight excluding hydrogens is 405 g/mol. The van der Waals surface area contributed by atoms with Crippen molar-refractivity contribution in [3.63, 3.8) is 0 Å². The van der Waals surface area contributed by atoms with E-state index in [1.54, 1.807) is 0 Å². The van der Waals surface area contributed by atoms with E-state index >= 15 is 0 Å². The van der Waals surface area contributed by atoms with Crippen molar-refractivity contribution in [2.75, 3.05) is 20.3 Å². The van der Waals surface area contributed by atoms with E-state index in [2.05, 4.69) is 11.9 Å². The first-order valence-corrected chi connectivity index (χ1v) is 11.4. The van der Waals surface area contributed by atoms with Crippen molar-refractivity contribution in [3.8, 4) is 0 Å². The van der Waals surface area contributed by atoms with Crippen LogP contribution in [0, 0.1) is 5.82 Å². The summed E-state index contributed by atoms with van der Waals surface area (Å²) in [6.45, 7) is 3.81. The van der Waals surface area contributed by atoms with Crippen LogP contribution in [0.4, 0.5) is 9.18 Å². The molecule has 0 saturated heterocycles. The van der Waals surface area contributed by atoms with Crippen LogP contribution in [0.5, 0.6) is 0 Å². The van der Waals surface area contributed by atoms with E-state index < -0.39 is 24.2 Å². The number of H-pyrrole nitrogens is 1. The number of carbonyl (C=O) groups excluding carboxylic acids is 2. The van der Waals surface area contributed by atoms with E-state index in [0.717, 1.165) is 19.3 Å². The molecule has 31 heavy (non-hydrogen) atoms. The number of hydrogen-bond acceptors (Lipinski definition) is 6. The summed E-state index contributed by atoms with van der Waals surface area (Å²) in [5, 5.41) is 0. The third kappa shape index (κ3) is 11.8. The van der Waals surface area contributed by atoms with Crippen LogP contribution < -0.4 is 0 Å². The predicted molar refractivity (Wildman–Crippen MR) is 115 cm³/mol. The number of aromatic amines is 1. The summed E-state index contributed by atoms with van der Waals surface area (Å²) in [6.07, 6.45) is 11.9. The molecule has 178 valence electrons. The van der Waals surface area contributed by atoms with Gasteiger partial charge in [-0.05, 0) is 12.8 Å². The summed E-state index contributed by atoms with van der Waals surface area (Å²) in [5.41, 5.74) is 0.185. The van der Waals surface area contributed by atoms with Crippen LogP contribution in [0.1, 0.15) is 94.1 Å². The number of aromatic nitrogens is 1. The highest BCUT2D eigenvalue weighted by Crippen LogP contribution is 2.18. The van der Waals surface area contributed by atoms with Gasteiger partial charge in [0.2, 0.25) is 6.29 Å². The normalized spacial score (nSPS) is 11.9. The topological polar surface area (TPSA) is 86.9 Å². The zero-order valence-corrected chi connectivity index (χ0v) is 19.2. The van der Waals surface area contributed by atoms with Gasteiger partial charge in [-0.2, -0.15) is 0 Å². The fourth-order valence-corrected chi connectivity index (χ4v) is 3.19. The molecule has 0 radical (unpaired) electrons. The van der Waals surface area contributed by atoms with Crippen molar-refractivity contribution in [2.45, 2.75) is 90.8 Å². The van der Waals surface area contributed by atoms with Crippen molar-refractivity contribution < 1.29 is 32.9 Å². The lowest BCUT2D eigenvalue weighted by molar-refractivity contribution is -0.0843. The van der Waals surface area contributed by atoms with E-state index in [9.17, 15) is 14.0 Å². The molecule has 0 saturated carbocycles. The van der Waals surface area contributed by atoms with Crippen LogP contribution in [0.15, 0.2) is 6.20 Å². The number of nitrogens with one attached hydrogen (secondary N) is 1. The standard InChI is InChI=1S/C23H38FNO6/c1-4-5-6-7-8-9-10-11-12-13-14-19-17-25-21(20(19)24)22(26)30-18(2)31-23(27)29-16-15-28-3/h17-18,25H,4-16H2,1-3H3. The average molecular weight is 444 g/mol. The maximum atomic E-state index is 14.5. The van der Waals surface area contributed by atoms with E-state index in [0.29, 0.717) is 12.0 Å². The molecule has 8 heteroatoms. The van der Waals surface area contributed by atoms with Gasteiger partial charge in [-0.15, -0.1) is 0 Å². The SMILES string of the molecule is CCCCCCCCCCCCc1c[nH]c(C(=O)OC(C)OC(=O)OCCOC)c1F. The van der Waals surface area contributed by atoms with Crippen molar-refractivity contribution in [2.24, 2.45) is 0 Å². The van der Waals surface area contributed by atoms with Crippen molar-refractivity contribution in [3.05, 3.63) is 23.3 Å². The Morgan fingerprint density at radius 2 is 1.58 bits per heavy atom. The van der Waals surface area contributed by atoms with Gasteiger partial charge in [-0.1, -0.05) is 64.7 Å². The van der Waals surface area contributed by atoms with Gasteiger partial charge in [0.1, 0.15) is 6.61 Å². The van der Waals surface area contributed by atoms with Crippen LogP contribution in [-0.2, 0) is 25.4 Å². The van der Waals surface area contributed by atoms with Gasteiger partial charge < -0.3 is 23.9 Å². The van der Waals surface area contributed by atoms with E-state index in [1.807, 2.05) is 0 Å². The minimum absolute atomic E-state index is 0.0174. The van der Waals surface area contributed by atoms with Gasteiger partial charge in [0.25, 0.3) is 0 Å². The second kappa shape index (κ2) is 16.6. The Balaban J connectivity index is 2.26. The first-order chi connectivity index (χ1) is 15.0. The van der Waals surface area contributed by atoms with Gasteiger partial charge in [0, 0.05) is 25.8 Å². The molecule has 1 heterocycles. The molecule has 0 aliphatic carbocycles. The molecule has 0 amide bonds. The fraction of sp³-hybridized carbons (Fsp3) is 0.739. The predicted octanol–water partition coefficient (Wildman–Crippen LogP) is 5.92. The molecule has 0 aliphatic rings. The minimum atomic E-state index is -1.21. The number of rotatable bonds is 17. The van der Waals surface area contributed by atoms with Crippen molar-refractivity contribution in [1.29, 1.82) is 0 Å². The smallest absolute Gasteiger partial charge is 0.432 e. The second-order valence-corrected chi connectivity index (χ2v) is 7.62. The largest absolute Gasteiger partial charge is 0.511 e. The summed E-state index contributed by atoms with van der Waals surface area (Å²) in [4.78, 5) is 26.2. The summed E-state index contributed by atoms with van der Waals surface area (Å²) in [5.74, 6) is -1.54. The van der Waals surface area contributed by atoms with Gasteiger partial charge in [-0.3, -0.25) is 0 Å². The van der Waals surface area contributed by atoms with Crippen molar-refractivity contribution in [1.82, 2.24) is 4.98 Å². The zero-order chi connectivity index (χ0) is 22.9. The lowest BCUT2D eigenvalue weighted by Gasteiger charge is -2.13. The van der Waals surface area contributed by atoms with Gasteiger partial charge in [0.15, 0.2) is 11.5 Å². The van der Waals surface area contributed by atoms with Gasteiger partial charge >= 0.3 is 12.1 Å². The van der Waals surface area contributed by atoms with Crippen molar-refractivity contribution >= 4 is 12.1 Å². The van der Waals surface area contributed by atoms with Crippen LogP contribution in [-0.4, -0.2) is 43.7 Å².